The third-order valence-corrected chi connectivity index (χ3v) is 3.36. The zero-order valence-electron chi connectivity index (χ0n) is 8.96. The molecule has 1 aliphatic carbocycles. The van der Waals surface area contributed by atoms with Crippen LogP contribution in [0.2, 0.25) is 0 Å². The molecule has 0 saturated heterocycles. The predicted molar refractivity (Wildman–Crippen MR) is 58.1 cm³/mol. The van der Waals surface area contributed by atoms with Crippen LogP contribution < -0.4 is 0 Å². The summed E-state index contributed by atoms with van der Waals surface area (Å²) in [5, 5.41) is 10.3. The molecule has 1 aliphatic rings. The van der Waals surface area contributed by atoms with Gasteiger partial charge in [0.05, 0.1) is 6.10 Å². The number of benzene rings is 1. The lowest BCUT2D eigenvalue weighted by Crippen LogP contribution is -2.20. The minimum absolute atomic E-state index is 0.0204. The van der Waals surface area contributed by atoms with Gasteiger partial charge in [0.1, 0.15) is 0 Å². The lowest BCUT2D eigenvalue weighted by molar-refractivity contribution is 0.0453. The fraction of sp³-hybridized carbons (Fsp3) is 0.538. The van der Waals surface area contributed by atoms with Gasteiger partial charge in [-0.1, -0.05) is 38.1 Å². The zero-order valence-corrected chi connectivity index (χ0v) is 8.96. The number of fused-ring (bicyclic) bond motifs is 1. The summed E-state index contributed by atoms with van der Waals surface area (Å²) in [6, 6.07) is 8.28. The fourth-order valence-electron chi connectivity index (χ4n) is 2.32. The monoisotopic (exact) mass is 190 g/mol. The smallest absolute Gasteiger partial charge is 0.0843 e. The highest BCUT2D eigenvalue weighted by molar-refractivity contribution is 5.31. The van der Waals surface area contributed by atoms with Crippen LogP contribution in [0.3, 0.4) is 0 Å². The molecule has 0 saturated carbocycles. The first kappa shape index (κ1) is 9.72. The molecule has 14 heavy (non-hydrogen) atoms. The van der Waals surface area contributed by atoms with E-state index in [4.69, 9.17) is 0 Å². The molecule has 0 fully saturated rings. The highest BCUT2D eigenvalue weighted by atomic mass is 16.3. The largest absolute Gasteiger partial charge is 0.388 e. The predicted octanol–water partition coefficient (Wildman–Crippen LogP) is 3.08. The number of aliphatic hydroxyl groups is 1. The topological polar surface area (TPSA) is 20.2 Å². The minimum atomic E-state index is -0.304. The second-order valence-corrected chi connectivity index (χ2v) is 4.94. The van der Waals surface area contributed by atoms with E-state index in [-0.39, 0.29) is 11.5 Å². The molecule has 0 aromatic heterocycles. The molecule has 0 spiro atoms. The average molecular weight is 190 g/mol. The van der Waals surface area contributed by atoms with Crippen molar-refractivity contribution in [3.63, 3.8) is 0 Å². The number of aliphatic hydroxyl groups excluding tert-OH is 1. The van der Waals surface area contributed by atoms with Crippen molar-refractivity contribution in [2.75, 3.05) is 0 Å². The minimum Gasteiger partial charge on any atom is -0.388 e. The molecule has 1 heteroatoms. The van der Waals surface area contributed by atoms with E-state index in [1.807, 2.05) is 6.07 Å². The molecular weight excluding hydrogens is 172 g/mol. The number of aryl methyl sites for hydroxylation is 1. The second-order valence-electron chi connectivity index (χ2n) is 4.94. The van der Waals surface area contributed by atoms with Crippen LogP contribution in [0.25, 0.3) is 0 Å². The van der Waals surface area contributed by atoms with Gasteiger partial charge < -0.3 is 5.11 Å². The van der Waals surface area contributed by atoms with Crippen molar-refractivity contribution in [1.29, 1.82) is 0 Å². The quantitative estimate of drug-likeness (QED) is 0.623. The summed E-state index contributed by atoms with van der Waals surface area (Å²) >= 11 is 0. The van der Waals surface area contributed by atoms with Crippen molar-refractivity contribution >= 4 is 0 Å². The molecule has 0 radical (unpaired) electrons. The van der Waals surface area contributed by atoms with Gasteiger partial charge in [-0.05, 0) is 35.8 Å². The molecule has 0 aliphatic heterocycles. The van der Waals surface area contributed by atoms with Crippen LogP contribution in [0, 0.1) is 5.41 Å². The van der Waals surface area contributed by atoms with Crippen molar-refractivity contribution in [2.24, 2.45) is 5.41 Å². The van der Waals surface area contributed by atoms with Crippen LogP contribution in [0.4, 0.5) is 0 Å². The number of hydrogen-bond acceptors (Lipinski definition) is 1. The third kappa shape index (κ3) is 1.57. The first-order chi connectivity index (χ1) is 6.61. The van der Waals surface area contributed by atoms with Gasteiger partial charge in [-0.15, -0.1) is 0 Å². The van der Waals surface area contributed by atoms with E-state index in [0.717, 1.165) is 18.4 Å². The van der Waals surface area contributed by atoms with E-state index in [2.05, 4.69) is 32.0 Å². The maximum atomic E-state index is 10.3. The molecule has 1 aromatic carbocycles. The third-order valence-electron chi connectivity index (χ3n) is 3.36. The highest BCUT2D eigenvalue weighted by Gasteiger charge is 2.32. The molecule has 1 aromatic rings. The Bertz CT molecular complexity index is 328. The maximum absolute atomic E-state index is 10.3. The van der Waals surface area contributed by atoms with Gasteiger partial charge in [0, 0.05) is 0 Å². The van der Waals surface area contributed by atoms with Crippen LogP contribution in [0.1, 0.15) is 43.9 Å². The Morgan fingerprint density at radius 3 is 2.79 bits per heavy atom. The van der Waals surface area contributed by atoms with Crippen molar-refractivity contribution < 1.29 is 5.11 Å². The van der Waals surface area contributed by atoms with Crippen molar-refractivity contribution in [1.82, 2.24) is 0 Å². The standard InChI is InChI=1S/C13H18O/c1-13(2)9-5-7-10-6-3-4-8-11(10)12(13)14/h3-4,6,8,12,14H,5,7,9H2,1-2H3. The zero-order chi connectivity index (χ0) is 10.2. The Balaban J connectivity index is 2.45. The summed E-state index contributed by atoms with van der Waals surface area (Å²) in [4.78, 5) is 0. The molecular formula is C13H18O. The van der Waals surface area contributed by atoms with E-state index in [1.54, 1.807) is 0 Å². The normalized spacial score (nSPS) is 25.2. The van der Waals surface area contributed by atoms with Crippen LogP contribution in [-0.2, 0) is 6.42 Å². The summed E-state index contributed by atoms with van der Waals surface area (Å²) in [7, 11) is 0. The van der Waals surface area contributed by atoms with Gasteiger partial charge in [-0.3, -0.25) is 0 Å². The Hall–Kier alpha value is -0.820. The molecule has 2 rings (SSSR count). The van der Waals surface area contributed by atoms with E-state index in [1.165, 1.54) is 12.0 Å². The SMILES string of the molecule is CC1(C)CCCc2ccccc2C1O. The van der Waals surface area contributed by atoms with Crippen LogP contribution in [-0.4, -0.2) is 5.11 Å². The summed E-state index contributed by atoms with van der Waals surface area (Å²) in [5.41, 5.74) is 2.48. The van der Waals surface area contributed by atoms with Gasteiger partial charge >= 0.3 is 0 Å². The second kappa shape index (κ2) is 3.39. The fourth-order valence-corrected chi connectivity index (χ4v) is 2.32. The first-order valence-electron chi connectivity index (χ1n) is 5.37. The Morgan fingerprint density at radius 2 is 2.00 bits per heavy atom. The van der Waals surface area contributed by atoms with E-state index in [9.17, 15) is 5.11 Å². The van der Waals surface area contributed by atoms with Crippen molar-refractivity contribution in [3.05, 3.63) is 35.4 Å². The van der Waals surface area contributed by atoms with Gasteiger partial charge in [-0.25, -0.2) is 0 Å². The average Bonchev–Trinajstić information content (AvgIpc) is 2.27. The summed E-state index contributed by atoms with van der Waals surface area (Å²) < 4.78 is 0. The van der Waals surface area contributed by atoms with E-state index < -0.39 is 0 Å². The molecule has 0 heterocycles. The summed E-state index contributed by atoms with van der Waals surface area (Å²) in [6.07, 6.45) is 3.09. The lowest BCUT2D eigenvalue weighted by Gasteiger charge is -2.29. The molecule has 1 N–H and O–H groups in total. The summed E-state index contributed by atoms with van der Waals surface area (Å²) in [5.74, 6) is 0. The Morgan fingerprint density at radius 1 is 1.29 bits per heavy atom. The highest BCUT2D eigenvalue weighted by Crippen LogP contribution is 2.41. The van der Waals surface area contributed by atoms with Crippen molar-refractivity contribution in [3.8, 4) is 0 Å². The van der Waals surface area contributed by atoms with Crippen LogP contribution in [0.5, 0.6) is 0 Å². The van der Waals surface area contributed by atoms with Crippen LogP contribution in [0.15, 0.2) is 24.3 Å². The summed E-state index contributed by atoms with van der Waals surface area (Å²) in [6.45, 7) is 4.31. The van der Waals surface area contributed by atoms with Gasteiger partial charge in [-0.2, -0.15) is 0 Å². The van der Waals surface area contributed by atoms with Gasteiger partial charge in [0.25, 0.3) is 0 Å². The lowest BCUT2D eigenvalue weighted by atomic mass is 9.80. The van der Waals surface area contributed by atoms with Gasteiger partial charge in [0.15, 0.2) is 0 Å². The maximum Gasteiger partial charge on any atom is 0.0843 e. The molecule has 0 bridgehead atoms. The first-order valence-corrected chi connectivity index (χ1v) is 5.37. The van der Waals surface area contributed by atoms with Gasteiger partial charge in [0.2, 0.25) is 0 Å². The molecule has 1 atom stereocenters. The number of rotatable bonds is 0. The molecule has 0 amide bonds. The van der Waals surface area contributed by atoms with E-state index >= 15 is 0 Å². The van der Waals surface area contributed by atoms with E-state index in [0.29, 0.717) is 0 Å². The number of hydrogen-bond donors (Lipinski definition) is 1. The molecule has 76 valence electrons. The Kier molecular flexibility index (Phi) is 2.36. The van der Waals surface area contributed by atoms with Crippen molar-refractivity contribution in [2.45, 2.75) is 39.2 Å². The molecule has 1 nitrogen and oxygen atoms in total. The Labute approximate surface area is 85.8 Å². The molecule has 1 unspecified atom stereocenters. The van der Waals surface area contributed by atoms with Crippen LogP contribution >= 0.6 is 0 Å².